The van der Waals surface area contributed by atoms with Crippen LogP contribution in [-0.2, 0) is 20.7 Å². The minimum absolute atomic E-state index is 0.114. The molecule has 9 heteroatoms. The topological polar surface area (TPSA) is 101 Å². The largest absolute Gasteiger partial charge is 0.469 e. The molecule has 0 aliphatic rings. The van der Waals surface area contributed by atoms with Crippen molar-refractivity contribution in [3.8, 4) is 0 Å². The summed E-state index contributed by atoms with van der Waals surface area (Å²) in [6.45, 7) is 1.68. The van der Waals surface area contributed by atoms with Crippen LogP contribution in [0.5, 0.6) is 0 Å². The van der Waals surface area contributed by atoms with Gasteiger partial charge in [0.2, 0.25) is 5.91 Å². The van der Waals surface area contributed by atoms with E-state index in [1.165, 1.54) is 13.2 Å². The number of amides is 1. The highest BCUT2D eigenvalue weighted by molar-refractivity contribution is 8.00. The molecule has 0 aliphatic heterocycles. The van der Waals surface area contributed by atoms with Crippen LogP contribution in [0.25, 0.3) is 0 Å². The minimum atomic E-state index is -0.532. The maximum atomic E-state index is 12.3. The van der Waals surface area contributed by atoms with Gasteiger partial charge in [-0.25, -0.2) is 4.98 Å². The Hall–Kier alpha value is -2.32. The number of esters is 1. The third kappa shape index (κ3) is 5.91. The second-order valence-corrected chi connectivity index (χ2v) is 6.82. The quantitative estimate of drug-likeness (QED) is 0.452. The first kappa shape index (κ1) is 19.0. The highest BCUT2D eigenvalue weighted by Gasteiger charge is 2.17. The molecule has 25 heavy (non-hydrogen) atoms. The van der Waals surface area contributed by atoms with Crippen LogP contribution in [0.2, 0.25) is 5.02 Å². The monoisotopic (exact) mass is 381 g/mol. The van der Waals surface area contributed by atoms with Gasteiger partial charge in [-0.2, -0.15) is 0 Å². The predicted octanol–water partition coefficient (Wildman–Crippen LogP) is 2.26. The molecule has 0 aliphatic carbocycles. The molecule has 0 unspecified atom stereocenters. The Kier molecular flexibility index (Phi) is 6.60. The zero-order chi connectivity index (χ0) is 18.4. The third-order valence-corrected chi connectivity index (χ3v) is 4.30. The minimum Gasteiger partial charge on any atom is -0.469 e. The smallest absolute Gasteiger partial charge is 0.311 e. The number of H-pyrrole nitrogens is 1. The van der Waals surface area contributed by atoms with Gasteiger partial charge in [0.25, 0.3) is 5.56 Å². The van der Waals surface area contributed by atoms with Crippen LogP contribution in [-0.4, -0.2) is 34.2 Å². The summed E-state index contributed by atoms with van der Waals surface area (Å²) in [7, 11) is 1.26. The number of halogens is 1. The molecule has 1 aromatic heterocycles. The van der Waals surface area contributed by atoms with Gasteiger partial charge >= 0.3 is 5.97 Å². The number of thioether (sulfide) groups is 1. The first-order valence-corrected chi connectivity index (χ1v) is 8.53. The van der Waals surface area contributed by atoms with E-state index in [2.05, 4.69) is 20.0 Å². The lowest BCUT2D eigenvalue weighted by Gasteiger charge is -2.12. The number of carbonyl (C=O) groups is 2. The molecule has 1 aromatic carbocycles. The first-order valence-electron chi connectivity index (χ1n) is 7.27. The number of methoxy groups -OCH3 is 1. The predicted molar refractivity (Wildman–Crippen MR) is 96.0 cm³/mol. The molecule has 7 nitrogen and oxygen atoms in total. The first-order chi connectivity index (χ1) is 11.9. The highest BCUT2D eigenvalue weighted by Crippen LogP contribution is 2.21. The Morgan fingerprint density at radius 1 is 1.40 bits per heavy atom. The van der Waals surface area contributed by atoms with E-state index in [4.69, 9.17) is 11.6 Å². The van der Waals surface area contributed by atoms with Crippen molar-refractivity contribution in [3.05, 3.63) is 51.4 Å². The van der Waals surface area contributed by atoms with Gasteiger partial charge in [-0.3, -0.25) is 14.4 Å². The number of aromatic nitrogens is 2. The van der Waals surface area contributed by atoms with Crippen molar-refractivity contribution in [3.63, 3.8) is 0 Å². The number of hydrogen-bond donors (Lipinski definition) is 2. The van der Waals surface area contributed by atoms with Crippen molar-refractivity contribution < 1.29 is 14.3 Å². The van der Waals surface area contributed by atoms with Crippen LogP contribution in [0.4, 0.5) is 5.69 Å². The molecular formula is C16H16ClN3O4S. The zero-order valence-electron chi connectivity index (χ0n) is 13.5. The molecule has 0 fully saturated rings. The van der Waals surface area contributed by atoms with E-state index in [0.717, 1.165) is 11.8 Å². The molecule has 0 radical (unpaired) electrons. The summed E-state index contributed by atoms with van der Waals surface area (Å²) in [6.07, 6.45) is -0.114. The summed E-state index contributed by atoms with van der Waals surface area (Å²) in [4.78, 5) is 42.0. The summed E-state index contributed by atoms with van der Waals surface area (Å²) in [6, 6.07) is 8.01. The standard InChI is InChI=1S/C16H16ClN3O4S/c1-9(15(23)18-11-5-3-4-10(17)6-11)25-16-19-12(7-13(21)20-16)8-14(22)24-2/h3-7,9H,8H2,1-2H3,(H,18,23)(H,19,20,21)/t9-/m1/s1. The van der Waals surface area contributed by atoms with Crippen molar-refractivity contribution in [2.45, 2.75) is 23.8 Å². The number of nitrogens with one attached hydrogen (secondary N) is 2. The van der Waals surface area contributed by atoms with Crippen molar-refractivity contribution in [1.82, 2.24) is 9.97 Å². The molecule has 132 valence electrons. The van der Waals surface area contributed by atoms with E-state index in [9.17, 15) is 14.4 Å². The molecule has 0 saturated heterocycles. The lowest BCUT2D eigenvalue weighted by atomic mass is 10.3. The van der Waals surface area contributed by atoms with Gasteiger partial charge in [0.15, 0.2) is 5.16 Å². The number of benzene rings is 1. The number of nitrogens with zero attached hydrogens (tertiary/aromatic N) is 1. The Balaban J connectivity index is 2.06. The summed E-state index contributed by atoms with van der Waals surface area (Å²) in [5.41, 5.74) is 0.449. The highest BCUT2D eigenvalue weighted by atomic mass is 35.5. The lowest BCUT2D eigenvalue weighted by Crippen LogP contribution is -2.23. The van der Waals surface area contributed by atoms with Crippen LogP contribution < -0.4 is 10.9 Å². The fourth-order valence-corrected chi connectivity index (χ4v) is 2.90. The maximum absolute atomic E-state index is 12.3. The number of ether oxygens (including phenoxy) is 1. The fraction of sp³-hybridized carbons (Fsp3) is 0.250. The average molecular weight is 382 g/mol. The Bertz CT molecular complexity index is 840. The zero-order valence-corrected chi connectivity index (χ0v) is 15.1. The second-order valence-electron chi connectivity index (χ2n) is 5.05. The van der Waals surface area contributed by atoms with E-state index in [0.29, 0.717) is 10.7 Å². The number of rotatable bonds is 6. The van der Waals surface area contributed by atoms with Crippen LogP contribution in [0, 0.1) is 0 Å². The summed E-state index contributed by atoms with van der Waals surface area (Å²) < 4.78 is 4.56. The van der Waals surface area contributed by atoms with Gasteiger partial charge in [0, 0.05) is 16.8 Å². The van der Waals surface area contributed by atoms with Gasteiger partial charge in [0.1, 0.15) is 0 Å². The molecule has 1 amide bonds. The van der Waals surface area contributed by atoms with Gasteiger partial charge in [-0.05, 0) is 25.1 Å². The van der Waals surface area contributed by atoms with Crippen molar-refractivity contribution in [2.75, 3.05) is 12.4 Å². The number of carbonyl (C=O) groups excluding carboxylic acids is 2. The number of hydrogen-bond acceptors (Lipinski definition) is 6. The third-order valence-electron chi connectivity index (χ3n) is 3.08. The molecule has 1 atom stereocenters. The van der Waals surface area contributed by atoms with E-state index in [1.807, 2.05) is 0 Å². The molecule has 0 bridgehead atoms. The Morgan fingerprint density at radius 3 is 2.84 bits per heavy atom. The molecule has 2 rings (SSSR count). The molecular weight excluding hydrogens is 366 g/mol. The second kappa shape index (κ2) is 8.68. The van der Waals surface area contributed by atoms with Gasteiger partial charge < -0.3 is 15.0 Å². The van der Waals surface area contributed by atoms with Crippen molar-refractivity contribution in [1.29, 1.82) is 0 Å². The molecule has 1 heterocycles. The fourth-order valence-electron chi connectivity index (χ4n) is 1.88. The molecule has 2 aromatic rings. The normalized spacial score (nSPS) is 11.6. The van der Waals surface area contributed by atoms with E-state index < -0.39 is 16.8 Å². The maximum Gasteiger partial charge on any atom is 0.311 e. The van der Waals surface area contributed by atoms with Crippen LogP contribution in [0.3, 0.4) is 0 Å². The average Bonchev–Trinajstić information content (AvgIpc) is 2.54. The Labute approximate surface area is 153 Å². The summed E-state index contributed by atoms with van der Waals surface area (Å²) in [5, 5.41) is 2.97. The summed E-state index contributed by atoms with van der Waals surface area (Å²) >= 11 is 6.96. The van der Waals surface area contributed by atoms with Crippen LogP contribution in [0.1, 0.15) is 12.6 Å². The number of anilines is 1. The van der Waals surface area contributed by atoms with E-state index in [-0.39, 0.29) is 23.2 Å². The molecule has 0 saturated carbocycles. The van der Waals surface area contributed by atoms with E-state index >= 15 is 0 Å². The summed E-state index contributed by atoms with van der Waals surface area (Å²) in [5.74, 6) is -0.769. The van der Waals surface area contributed by atoms with Crippen LogP contribution in [0.15, 0.2) is 40.3 Å². The van der Waals surface area contributed by atoms with Gasteiger partial charge in [-0.15, -0.1) is 0 Å². The van der Waals surface area contributed by atoms with Gasteiger partial charge in [-0.1, -0.05) is 29.4 Å². The number of aromatic amines is 1. The van der Waals surface area contributed by atoms with E-state index in [1.54, 1.807) is 31.2 Å². The van der Waals surface area contributed by atoms with Crippen molar-refractivity contribution >= 4 is 40.9 Å². The van der Waals surface area contributed by atoms with Gasteiger partial charge in [0.05, 0.1) is 24.5 Å². The molecule has 0 spiro atoms. The SMILES string of the molecule is COC(=O)Cc1cc(=O)[nH]c(S[C@H](C)C(=O)Nc2cccc(Cl)c2)n1. The molecule has 2 N–H and O–H groups in total. The Morgan fingerprint density at radius 2 is 2.16 bits per heavy atom. The van der Waals surface area contributed by atoms with Crippen molar-refractivity contribution in [2.24, 2.45) is 0 Å². The lowest BCUT2D eigenvalue weighted by molar-refractivity contribution is -0.139. The van der Waals surface area contributed by atoms with Crippen LogP contribution >= 0.6 is 23.4 Å².